The fourth-order valence-electron chi connectivity index (χ4n) is 10.8. The molecule has 0 amide bonds. The molecule has 31 heavy (non-hydrogen) atoms. The number of hydrogen-bond acceptors (Lipinski definition) is 4. The van der Waals surface area contributed by atoms with E-state index in [4.69, 9.17) is 4.74 Å². The minimum absolute atomic E-state index is 0.0101. The van der Waals surface area contributed by atoms with Crippen LogP contribution in [0, 0.1) is 50.7 Å². The molecule has 4 heteroatoms. The van der Waals surface area contributed by atoms with Gasteiger partial charge in [0.25, 0.3) is 0 Å². The van der Waals surface area contributed by atoms with Crippen molar-refractivity contribution in [1.82, 2.24) is 0 Å². The maximum absolute atomic E-state index is 12.1. The minimum Gasteiger partial charge on any atom is -0.462 e. The fraction of sp³-hybridized carbons (Fsp3) is 0.963. The number of fused-ring (bicyclic) bond motifs is 6. The third kappa shape index (κ3) is 2.47. The smallest absolute Gasteiger partial charge is 0.302 e. The Morgan fingerprint density at radius 3 is 2.19 bits per heavy atom. The van der Waals surface area contributed by atoms with Crippen LogP contribution in [-0.2, 0) is 9.53 Å². The van der Waals surface area contributed by atoms with E-state index < -0.39 is 0 Å². The van der Waals surface area contributed by atoms with E-state index in [1.807, 2.05) is 0 Å². The van der Waals surface area contributed by atoms with E-state index >= 15 is 0 Å². The summed E-state index contributed by atoms with van der Waals surface area (Å²) < 4.78 is 6.05. The van der Waals surface area contributed by atoms with Crippen LogP contribution in [0.5, 0.6) is 0 Å². The molecule has 4 nitrogen and oxygen atoms in total. The number of hydrogen-bond donors (Lipinski definition) is 2. The van der Waals surface area contributed by atoms with Crippen molar-refractivity contribution in [2.24, 2.45) is 50.7 Å². The summed E-state index contributed by atoms with van der Waals surface area (Å²) in [6.07, 6.45) is 6.38. The SMILES string of the molecule is CC(=O)O[C@H]1C[C@@]2(C)C(C[C@@H](O)C3[C@@]4(C)CC[C@@H](O)[C@@H](C)C4CC[C@@]32C)[C@]12CC2(C)C. The Morgan fingerprint density at radius 2 is 1.61 bits per heavy atom. The number of aliphatic hydroxyl groups is 2. The number of rotatable bonds is 1. The summed E-state index contributed by atoms with van der Waals surface area (Å²) in [7, 11) is 0. The molecule has 2 N–H and O–H groups in total. The van der Waals surface area contributed by atoms with Gasteiger partial charge in [-0.25, -0.2) is 0 Å². The molecule has 0 aliphatic heterocycles. The van der Waals surface area contributed by atoms with Gasteiger partial charge in [-0.2, -0.15) is 0 Å². The summed E-state index contributed by atoms with van der Waals surface area (Å²) in [4.78, 5) is 12.1. The van der Waals surface area contributed by atoms with E-state index in [1.165, 1.54) is 0 Å². The highest BCUT2D eigenvalue weighted by Gasteiger charge is 2.82. The van der Waals surface area contributed by atoms with Crippen molar-refractivity contribution in [2.45, 2.75) is 112 Å². The Balaban J connectivity index is 1.59. The molecular weight excluding hydrogens is 388 g/mol. The summed E-state index contributed by atoms with van der Waals surface area (Å²) >= 11 is 0. The molecule has 0 aromatic heterocycles. The van der Waals surface area contributed by atoms with Crippen LogP contribution in [-0.4, -0.2) is 34.5 Å². The van der Waals surface area contributed by atoms with E-state index in [0.717, 1.165) is 44.9 Å². The van der Waals surface area contributed by atoms with Crippen molar-refractivity contribution in [3.05, 3.63) is 0 Å². The quantitative estimate of drug-likeness (QED) is 0.575. The van der Waals surface area contributed by atoms with Crippen LogP contribution >= 0.6 is 0 Å². The Morgan fingerprint density at radius 1 is 0.968 bits per heavy atom. The zero-order chi connectivity index (χ0) is 22.8. The van der Waals surface area contributed by atoms with Crippen molar-refractivity contribution in [2.75, 3.05) is 0 Å². The summed E-state index contributed by atoms with van der Waals surface area (Å²) in [5.74, 6) is 1.24. The van der Waals surface area contributed by atoms with Gasteiger partial charge >= 0.3 is 5.97 Å². The summed E-state index contributed by atoms with van der Waals surface area (Å²) in [6, 6.07) is 0. The normalized spacial score (nSPS) is 59.5. The average Bonchev–Trinajstić information content (AvgIpc) is 3.15. The van der Waals surface area contributed by atoms with Crippen LogP contribution in [0.1, 0.15) is 93.4 Å². The van der Waals surface area contributed by atoms with Crippen LogP contribution in [0.3, 0.4) is 0 Å². The van der Waals surface area contributed by atoms with Gasteiger partial charge in [-0.05, 0) is 90.3 Å². The summed E-state index contributed by atoms with van der Waals surface area (Å²) in [6.45, 7) is 15.8. The molecule has 1 spiro atoms. The predicted molar refractivity (Wildman–Crippen MR) is 120 cm³/mol. The molecule has 3 unspecified atom stereocenters. The predicted octanol–water partition coefficient (Wildman–Crippen LogP) is 4.95. The number of carbonyl (C=O) groups excluding carboxylic acids is 1. The highest BCUT2D eigenvalue weighted by molar-refractivity contribution is 5.66. The Hall–Kier alpha value is -0.610. The van der Waals surface area contributed by atoms with Gasteiger partial charge in [0, 0.05) is 12.3 Å². The third-order valence-electron chi connectivity index (χ3n) is 12.4. The van der Waals surface area contributed by atoms with Gasteiger partial charge in [-0.15, -0.1) is 0 Å². The van der Waals surface area contributed by atoms with Gasteiger partial charge in [-0.3, -0.25) is 4.79 Å². The van der Waals surface area contributed by atoms with E-state index in [2.05, 4.69) is 41.5 Å². The second-order valence-corrected chi connectivity index (χ2v) is 13.7. The Bertz CT molecular complexity index is 792. The molecule has 0 aromatic carbocycles. The molecule has 0 aromatic rings. The maximum atomic E-state index is 12.1. The molecular formula is C27H44O4. The molecule has 5 rings (SSSR count). The molecule has 0 saturated heterocycles. The monoisotopic (exact) mass is 432 g/mol. The molecule has 5 aliphatic carbocycles. The number of esters is 1. The van der Waals surface area contributed by atoms with Gasteiger partial charge in [0.05, 0.1) is 12.2 Å². The lowest BCUT2D eigenvalue weighted by Crippen LogP contribution is -2.66. The van der Waals surface area contributed by atoms with Crippen LogP contribution < -0.4 is 0 Å². The van der Waals surface area contributed by atoms with Crippen LogP contribution in [0.2, 0.25) is 0 Å². The molecule has 0 radical (unpaired) electrons. The molecule has 5 fully saturated rings. The van der Waals surface area contributed by atoms with Crippen molar-refractivity contribution in [1.29, 1.82) is 0 Å². The first kappa shape index (κ1) is 22.2. The largest absolute Gasteiger partial charge is 0.462 e. The Labute approximate surface area is 188 Å². The molecule has 176 valence electrons. The second kappa shape index (κ2) is 6.29. The molecule has 11 atom stereocenters. The van der Waals surface area contributed by atoms with Crippen molar-refractivity contribution in [3.8, 4) is 0 Å². The Kier molecular flexibility index (Phi) is 4.50. The van der Waals surface area contributed by atoms with Crippen LogP contribution in [0.15, 0.2) is 0 Å². The van der Waals surface area contributed by atoms with E-state index in [1.54, 1.807) is 6.92 Å². The summed E-state index contributed by atoms with van der Waals surface area (Å²) in [5.41, 5.74) is 0.297. The van der Waals surface area contributed by atoms with Gasteiger partial charge in [0.1, 0.15) is 6.10 Å². The molecule has 0 heterocycles. The van der Waals surface area contributed by atoms with Crippen molar-refractivity contribution in [3.63, 3.8) is 0 Å². The second-order valence-electron chi connectivity index (χ2n) is 13.7. The van der Waals surface area contributed by atoms with Crippen molar-refractivity contribution < 1.29 is 19.7 Å². The van der Waals surface area contributed by atoms with Crippen LogP contribution in [0.25, 0.3) is 0 Å². The first-order chi connectivity index (χ1) is 14.2. The number of ether oxygens (including phenoxy) is 1. The van der Waals surface area contributed by atoms with E-state index in [0.29, 0.717) is 17.8 Å². The lowest BCUT2D eigenvalue weighted by atomic mass is 9.36. The standard InChI is InChI=1S/C27H44O4/c1-15-17-8-11-25(6)22(24(17,5)10-9-18(15)29)19(30)12-20-26(25,7)13-21(31-16(2)28)27(20)14-23(27,3)4/h15,17-22,29-30H,8-14H2,1-7H3/t15-,17?,18+,19+,20?,21-,22?,24-,25-,26-,27+/m0/s1. The average molecular weight is 433 g/mol. The fourth-order valence-corrected chi connectivity index (χ4v) is 10.8. The first-order valence-electron chi connectivity index (χ1n) is 12.8. The lowest BCUT2D eigenvalue weighted by Gasteiger charge is -2.69. The van der Waals surface area contributed by atoms with Gasteiger partial charge < -0.3 is 14.9 Å². The zero-order valence-electron chi connectivity index (χ0n) is 20.7. The molecule has 5 saturated carbocycles. The van der Waals surface area contributed by atoms with Gasteiger partial charge in [-0.1, -0.05) is 41.5 Å². The molecule has 5 aliphatic rings. The highest BCUT2D eigenvalue weighted by Crippen LogP contribution is 2.84. The van der Waals surface area contributed by atoms with Gasteiger partial charge in [0.15, 0.2) is 0 Å². The molecule has 0 bridgehead atoms. The van der Waals surface area contributed by atoms with Crippen molar-refractivity contribution >= 4 is 5.97 Å². The van der Waals surface area contributed by atoms with E-state index in [9.17, 15) is 15.0 Å². The third-order valence-corrected chi connectivity index (χ3v) is 12.4. The highest BCUT2D eigenvalue weighted by atomic mass is 16.5. The lowest BCUT2D eigenvalue weighted by molar-refractivity contribution is -0.240. The minimum atomic E-state index is -0.317. The summed E-state index contributed by atoms with van der Waals surface area (Å²) in [5, 5.41) is 22.4. The van der Waals surface area contributed by atoms with Crippen LogP contribution in [0.4, 0.5) is 0 Å². The topological polar surface area (TPSA) is 66.8 Å². The van der Waals surface area contributed by atoms with E-state index in [-0.39, 0.29) is 57.3 Å². The zero-order valence-corrected chi connectivity index (χ0v) is 20.7. The first-order valence-corrected chi connectivity index (χ1v) is 12.8. The number of carbonyl (C=O) groups is 1. The van der Waals surface area contributed by atoms with Gasteiger partial charge in [0.2, 0.25) is 0 Å². The maximum Gasteiger partial charge on any atom is 0.302 e. The number of aliphatic hydroxyl groups excluding tert-OH is 2.